The van der Waals surface area contributed by atoms with Crippen LogP contribution in [0.3, 0.4) is 0 Å². The summed E-state index contributed by atoms with van der Waals surface area (Å²) in [7, 11) is -1.24. The highest BCUT2D eigenvalue weighted by Crippen LogP contribution is 2.13. The van der Waals surface area contributed by atoms with Crippen LogP contribution in [0.1, 0.15) is 201 Å². The Morgan fingerprint density at radius 2 is 0.984 bits per heavy atom. The van der Waals surface area contributed by atoms with Gasteiger partial charge < -0.3 is 33.9 Å². The highest BCUT2D eigenvalue weighted by molar-refractivity contribution is 6.76. The molecule has 0 aromatic carbocycles. The third-order valence-electron chi connectivity index (χ3n) is 11.0. The first-order valence-electron chi connectivity index (χ1n) is 26.1. The molecular formula is C52H100N2O8Si. The Morgan fingerprint density at radius 1 is 0.508 bits per heavy atom. The van der Waals surface area contributed by atoms with Gasteiger partial charge in [0.15, 0.2) is 6.29 Å². The SMILES string of the molecule is CC/C=C\CCCCOC(CCC(=O)OCCCCCCN(CCCCCCCC(=O)OCCCCCCCCC)CCCNC(=O)OCC[Si](C)(C)C)OCCCC/C=C\CC. The molecule has 0 spiro atoms. The topological polar surface area (TPSA) is 113 Å². The molecule has 0 heterocycles. The van der Waals surface area contributed by atoms with Gasteiger partial charge in [-0.3, -0.25) is 9.59 Å². The quantitative estimate of drug-likeness (QED) is 0.0159. The molecular weight excluding hydrogens is 809 g/mol. The molecule has 0 aliphatic rings. The number of alkyl carbamates (subject to hydrolysis) is 1. The Bertz CT molecular complexity index is 1070. The lowest BCUT2D eigenvalue weighted by molar-refractivity contribution is -0.159. The average molecular weight is 909 g/mol. The fraction of sp³-hybridized carbons (Fsp3) is 0.865. The number of rotatable bonds is 47. The summed E-state index contributed by atoms with van der Waals surface area (Å²) in [5.74, 6) is -0.229. The van der Waals surface area contributed by atoms with E-state index in [-0.39, 0.29) is 24.3 Å². The molecule has 11 heteroatoms. The molecule has 1 N–H and O–H groups in total. The lowest BCUT2D eigenvalue weighted by Crippen LogP contribution is -2.32. The summed E-state index contributed by atoms with van der Waals surface area (Å²) in [4.78, 5) is 39.5. The number of nitrogens with one attached hydrogen (secondary N) is 1. The lowest BCUT2D eigenvalue weighted by Gasteiger charge is -2.22. The van der Waals surface area contributed by atoms with Gasteiger partial charge in [-0.15, -0.1) is 0 Å². The molecule has 0 saturated carbocycles. The van der Waals surface area contributed by atoms with Crippen LogP contribution in [-0.2, 0) is 33.3 Å². The fourth-order valence-corrected chi connectivity index (χ4v) is 7.72. The molecule has 0 atom stereocenters. The van der Waals surface area contributed by atoms with Gasteiger partial charge in [0, 0.05) is 40.7 Å². The Labute approximate surface area is 389 Å². The Kier molecular flexibility index (Phi) is 44.7. The van der Waals surface area contributed by atoms with E-state index < -0.39 is 8.07 Å². The van der Waals surface area contributed by atoms with Crippen LogP contribution < -0.4 is 5.32 Å². The van der Waals surface area contributed by atoms with Gasteiger partial charge in [0.25, 0.3) is 0 Å². The predicted molar refractivity (Wildman–Crippen MR) is 266 cm³/mol. The molecule has 0 aliphatic carbocycles. The Balaban J connectivity index is 4.52. The largest absolute Gasteiger partial charge is 0.466 e. The smallest absolute Gasteiger partial charge is 0.407 e. The summed E-state index contributed by atoms with van der Waals surface area (Å²) in [5.41, 5.74) is 0. The molecule has 0 fully saturated rings. The average Bonchev–Trinajstić information content (AvgIpc) is 3.25. The number of esters is 2. The van der Waals surface area contributed by atoms with Crippen molar-refractivity contribution in [2.24, 2.45) is 0 Å². The van der Waals surface area contributed by atoms with Gasteiger partial charge in [0.2, 0.25) is 0 Å². The first kappa shape index (κ1) is 60.8. The van der Waals surface area contributed by atoms with Crippen LogP contribution in [0, 0.1) is 0 Å². The zero-order valence-corrected chi connectivity index (χ0v) is 43.0. The molecule has 0 unspecified atom stereocenters. The number of unbranched alkanes of at least 4 members (excludes halogenated alkanes) is 17. The number of ether oxygens (including phenoxy) is 5. The minimum absolute atomic E-state index is 0.0483. The third-order valence-corrected chi connectivity index (χ3v) is 12.7. The third kappa shape index (κ3) is 47.6. The Morgan fingerprint density at radius 3 is 1.52 bits per heavy atom. The second kappa shape index (κ2) is 46.3. The fourth-order valence-electron chi connectivity index (χ4n) is 7.01. The van der Waals surface area contributed by atoms with Gasteiger partial charge in [-0.2, -0.15) is 0 Å². The summed E-state index contributed by atoms with van der Waals surface area (Å²) < 4.78 is 28.6. The summed E-state index contributed by atoms with van der Waals surface area (Å²) in [6.07, 6.45) is 36.7. The minimum atomic E-state index is -1.24. The standard InChI is InChI=1S/C52H100N2O8Si/c1-7-10-13-16-19-26-31-43-58-49(55)36-28-21-20-22-29-40-54(42-35-39-53-52(57)62-47-48-63(4,5)6)41-30-23-27-32-44-59-50(56)37-38-51(60-45-33-24-17-14-11-8-2)61-46-34-25-18-15-12-9-3/h11-12,14-15,51H,7-10,13,16-48H2,1-6H3,(H,53,57)/b14-11-,15-12-. The van der Waals surface area contributed by atoms with Crippen molar-refractivity contribution in [2.75, 3.05) is 59.2 Å². The number of nitrogens with zero attached hydrogens (tertiary/aromatic N) is 1. The number of carbonyl (C=O) groups excluding carboxylic acids is 3. The number of carbonyl (C=O) groups is 3. The van der Waals surface area contributed by atoms with E-state index in [0.29, 0.717) is 58.8 Å². The van der Waals surface area contributed by atoms with Crippen molar-refractivity contribution in [1.82, 2.24) is 10.2 Å². The van der Waals surface area contributed by atoms with Crippen molar-refractivity contribution in [3.63, 3.8) is 0 Å². The van der Waals surface area contributed by atoms with Crippen molar-refractivity contribution in [1.29, 1.82) is 0 Å². The van der Waals surface area contributed by atoms with Crippen LogP contribution in [0.25, 0.3) is 0 Å². The summed E-state index contributed by atoms with van der Waals surface area (Å²) in [5, 5.41) is 2.93. The van der Waals surface area contributed by atoms with Crippen molar-refractivity contribution in [2.45, 2.75) is 233 Å². The van der Waals surface area contributed by atoms with Gasteiger partial charge in [-0.1, -0.05) is 135 Å². The monoisotopic (exact) mass is 909 g/mol. The first-order valence-corrected chi connectivity index (χ1v) is 29.8. The summed E-state index contributed by atoms with van der Waals surface area (Å²) in [6.45, 7) is 19.7. The molecule has 0 saturated heterocycles. The number of amides is 1. The van der Waals surface area contributed by atoms with Crippen LogP contribution in [0.5, 0.6) is 0 Å². The van der Waals surface area contributed by atoms with E-state index in [4.69, 9.17) is 23.7 Å². The van der Waals surface area contributed by atoms with Gasteiger partial charge in [-0.05, 0) is 116 Å². The van der Waals surface area contributed by atoms with E-state index in [9.17, 15) is 14.4 Å². The van der Waals surface area contributed by atoms with E-state index in [1.54, 1.807) is 0 Å². The maximum Gasteiger partial charge on any atom is 0.407 e. The highest BCUT2D eigenvalue weighted by Gasteiger charge is 2.15. The molecule has 0 bridgehead atoms. The predicted octanol–water partition coefficient (Wildman–Crippen LogP) is 13.9. The molecule has 10 nitrogen and oxygen atoms in total. The second-order valence-corrected chi connectivity index (χ2v) is 24.1. The van der Waals surface area contributed by atoms with Crippen molar-refractivity contribution in [3.8, 4) is 0 Å². The molecule has 0 radical (unpaired) electrons. The molecule has 0 aromatic rings. The van der Waals surface area contributed by atoms with Gasteiger partial charge in [-0.25, -0.2) is 4.79 Å². The summed E-state index contributed by atoms with van der Waals surface area (Å²) in [6, 6.07) is 0.973. The maximum atomic E-state index is 12.6. The molecule has 370 valence electrons. The minimum Gasteiger partial charge on any atom is -0.466 e. The van der Waals surface area contributed by atoms with Gasteiger partial charge in [0.05, 0.1) is 26.2 Å². The normalized spacial score (nSPS) is 12.0. The molecule has 1 amide bonds. The first-order chi connectivity index (χ1) is 30.6. The van der Waals surface area contributed by atoms with Crippen molar-refractivity contribution >= 4 is 26.1 Å². The number of allylic oxidation sites excluding steroid dienone is 4. The van der Waals surface area contributed by atoms with Crippen molar-refractivity contribution in [3.05, 3.63) is 24.3 Å². The molecule has 0 aliphatic heterocycles. The van der Waals surface area contributed by atoms with Crippen LogP contribution in [0.15, 0.2) is 24.3 Å². The van der Waals surface area contributed by atoms with Crippen LogP contribution in [-0.4, -0.2) is 96.5 Å². The van der Waals surface area contributed by atoms with Gasteiger partial charge in [0.1, 0.15) is 0 Å². The van der Waals surface area contributed by atoms with Crippen LogP contribution in [0.2, 0.25) is 25.7 Å². The van der Waals surface area contributed by atoms with Crippen molar-refractivity contribution < 1.29 is 38.1 Å². The maximum absolute atomic E-state index is 12.6. The number of hydrogen-bond acceptors (Lipinski definition) is 9. The molecule has 0 aromatic heterocycles. The Hall–Kier alpha value is -2.21. The lowest BCUT2D eigenvalue weighted by atomic mass is 10.1. The number of hydrogen-bond donors (Lipinski definition) is 1. The van der Waals surface area contributed by atoms with E-state index in [2.05, 4.69) is 74.9 Å². The van der Waals surface area contributed by atoms with Crippen LogP contribution >= 0.6 is 0 Å². The van der Waals surface area contributed by atoms with Crippen LogP contribution in [0.4, 0.5) is 4.79 Å². The zero-order chi connectivity index (χ0) is 46.3. The summed E-state index contributed by atoms with van der Waals surface area (Å²) >= 11 is 0. The van der Waals surface area contributed by atoms with E-state index >= 15 is 0 Å². The highest BCUT2D eigenvalue weighted by atomic mass is 28.3. The molecule has 0 rings (SSSR count). The van der Waals surface area contributed by atoms with Gasteiger partial charge >= 0.3 is 18.0 Å². The van der Waals surface area contributed by atoms with E-state index in [1.807, 2.05) is 0 Å². The van der Waals surface area contributed by atoms with E-state index in [1.165, 1.54) is 32.1 Å². The van der Waals surface area contributed by atoms with E-state index in [0.717, 1.165) is 154 Å². The molecule has 63 heavy (non-hydrogen) atoms. The zero-order valence-electron chi connectivity index (χ0n) is 42.0. The second-order valence-electron chi connectivity index (χ2n) is 18.5.